The molecule has 0 saturated carbocycles. The van der Waals surface area contributed by atoms with Crippen LogP contribution in [0.15, 0.2) is 18.3 Å². The maximum atomic E-state index is 12.5. The van der Waals surface area contributed by atoms with Gasteiger partial charge in [-0.3, -0.25) is 0 Å². The molecular weight excluding hydrogens is 262 g/mol. The Hall–Kier alpha value is -1.10. The van der Waals surface area contributed by atoms with Gasteiger partial charge in [0.2, 0.25) is 0 Å². The van der Waals surface area contributed by atoms with E-state index in [0.717, 1.165) is 0 Å². The average Bonchev–Trinajstić information content (AvgIpc) is 2.28. The molecule has 0 aromatic carbocycles. The lowest BCUT2D eigenvalue weighted by atomic mass is 10.3. The van der Waals surface area contributed by atoms with Crippen LogP contribution in [0.25, 0.3) is 0 Å². The third kappa shape index (κ3) is 4.64. The minimum absolute atomic E-state index is 0.0441. The number of pyridine rings is 1. The Labute approximate surface area is 111 Å². The van der Waals surface area contributed by atoms with E-state index in [2.05, 4.69) is 4.98 Å². The molecule has 0 spiro atoms. The molecule has 0 radical (unpaired) electrons. The smallest absolute Gasteiger partial charge is 0.255 e. The van der Waals surface area contributed by atoms with Gasteiger partial charge in [-0.1, -0.05) is 0 Å². The first-order chi connectivity index (χ1) is 8.54. The minimum Gasteiger partial charge on any atom is -0.487 e. The molecule has 0 atom stereocenters. The van der Waals surface area contributed by atoms with Gasteiger partial charge in [-0.2, -0.15) is 0 Å². The van der Waals surface area contributed by atoms with Crippen molar-refractivity contribution in [2.24, 2.45) is 0 Å². The number of aromatic nitrogens is 1. The molecule has 0 N–H and O–H groups in total. The predicted molar refractivity (Wildman–Crippen MR) is 68.9 cm³/mol. The van der Waals surface area contributed by atoms with E-state index in [4.69, 9.17) is 16.3 Å². The van der Waals surface area contributed by atoms with Gasteiger partial charge < -0.3 is 9.64 Å². The quantitative estimate of drug-likeness (QED) is 0.716. The van der Waals surface area contributed by atoms with E-state index in [9.17, 15) is 8.78 Å². The topological polar surface area (TPSA) is 25.4 Å². The summed E-state index contributed by atoms with van der Waals surface area (Å²) >= 11 is 5.63. The van der Waals surface area contributed by atoms with E-state index in [-0.39, 0.29) is 12.0 Å². The predicted octanol–water partition coefficient (Wildman–Crippen LogP) is 3.18. The van der Waals surface area contributed by atoms with Gasteiger partial charge in [0.25, 0.3) is 6.43 Å². The van der Waals surface area contributed by atoms with Crippen LogP contribution in [0.5, 0.6) is 5.75 Å². The van der Waals surface area contributed by atoms with E-state index >= 15 is 0 Å². The van der Waals surface area contributed by atoms with E-state index in [1.54, 1.807) is 18.3 Å². The highest BCUT2D eigenvalue weighted by Crippen LogP contribution is 2.26. The lowest BCUT2D eigenvalue weighted by Crippen LogP contribution is -2.32. The second-order valence-corrected chi connectivity index (χ2v) is 4.40. The molecule has 0 unspecified atom stereocenters. The molecule has 0 amide bonds. The third-order valence-electron chi connectivity index (χ3n) is 2.13. The zero-order valence-electron chi connectivity index (χ0n) is 10.4. The molecule has 1 heterocycles. The molecule has 102 valence electrons. The zero-order chi connectivity index (χ0) is 13.5. The Balaban J connectivity index is 2.94. The molecule has 1 aromatic rings. The maximum absolute atomic E-state index is 12.5. The van der Waals surface area contributed by atoms with Crippen LogP contribution in [0, 0.1) is 0 Å². The molecule has 0 aliphatic carbocycles. The van der Waals surface area contributed by atoms with Gasteiger partial charge in [0.15, 0.2) is 11.6 Å². The minimum atomic E-state index is -2.44. The lowest BCUT2D eigenvalue weighted by molar-refractivity contribution is 0.154. The van der Waals surface area contributed by atoms with Crippen LogP contribution < -0.4 is 9.64 Å². The normalized spacial score (nSPS) is 11.1. The van der Waals surface area contributed by atoms with Crippen molar-refractivity contribution in [1.29, 1.82) is 0 Å². The summed E-state index contributed by atoms with van der Waals surface area (Å²) in [4.78, 5) is 5.55. The van der Waals surface area contributed by atoms with Crippen molar-refractivity contribution in [3.05, 3.63) is 18.3 Å². The molecule has 0 bridgehead atoms. The second-order valence-electron chi connectivity index (χ2n) is 4.02. The van der Waals surface area contributed by atoms with Crippen molar-refractivity contribution in [2.75, 3.05) is 23.9 Å². The van der Waals surface area contributed by atoms with Gasteiger partial charge in [-0.25, -0.2) is 13.8 Å². The van der Waals surface area contributed by atoms with Crippen molar-refractivity contribution in [3.63, 3.8) is 0 Å². The Morgan fingerprint density at radius 2 is 2.17 bits per heavy atom. The second kappa shape index (κ2) is 7.36. The Bertz CT molecular complexity index is 364. The molecule has 0 aliphatic rings. The molecule has 18 heavy (non-hydrogen) atoms. The number of ether oxygens (including phenoxy) is 1. The zero-order valence-corrected chi connectivity index (χ0v) is 11.2. The van der Waals surface area contributed by atoms with E-state index < -0.39 is 13.0 Å². The summed E-state index contributed by atoms with van der Waals surface area (Å²) in [5.41, 5.74) is 0. The molecule has 6 heteroatoms. The Morgan fingerprint density at radius 3 is 2.72 bits per heavy atom. The van der Waals surface area contributed by atoms with Gasteiger partial charge >= 0.3 is 0 Å². The highest BCUT2D eigenvalue weighted by Gasteiger charge is 2.18. The number of nitrogens with zero attached hydrogens (tertiary/aromatic N) is 2. The van der Waals surface area contributed by atoms with Crippen molar-refractivity contribution in [1.82, 2.24) is 4.98 Å². The first-order valence-corrected chi connectivity index (χ1v) is 6.28. The molecule has 1 rings (SSSR count). The highest BCUT2D eigenvalue weighted by atomic mass is 35.5. The van der Waals surface area contributed by atoms with Crippen molar-refractivity contribution >= 4 is 17.4 Å². The van der Waals surface area contributed by atoms with Crippen LogP contribution in [-0.2, 0) is 0 Å². The first-order valence-electron chi connectivity index (χ1n) is 5.75. The summed E-state index contributed by atoms with van der Waals surface area (Å²) in [6, 6.07) is 3.43. The number of halogens is 3. The Morgan fingerprint density at radius 1 is 1.44 bits per heavy atom. The van der Waals surface area contributed by atoms with Crippen molar-refractivity contribution < 1.29 is 13.5 Å². The lowest BCUT2D eigenvalue weighted by Gasteiger charge is -2.25. The van der Waals surface area contributed by atoms with Crippen LogP contribution in [0.2, 0.25) is 0 Å². The first kappa shape index (κ1) is 15.0. The van der Waals surface area contributed by atoms with Gasteiger partial charge in [-0.05, 0) is 26.0 Å². The van der Waals surface area contributed by atoms with E-state index in [1.807, 2.05) is 13.8 Å². The van der Waals surface area contributed by atoms with Gasteiger partial charge in [0, 0.05) is 18.6 Å². The molecule has 1 aromatic heterocycles. The monoisotopic (exact) mass is 278 g/mol. The number of hydrogen-bond acceptors (Lipinski definition) is 3. The largest absolute Gasteiger partial charge is 0.487 e. The molecule has 0 fully saturated rings. The fraction of sp³-hybridized carbons (Fsp3) is 0.583. The number of hydrogen-bond donors (Lipinski definition) is 0. The summed E-state index contributed by atoms with van der Waals surface area (Å²) in [5.74, 6) is 1.16. The molecule has 0 saturated heterocycles. The molecular formula is C12H17ClF2N2O. The summed E-state index contributed by atoms with van der Waals surface area (Å²) in [7, 11) is 0. The van der Waals surface area contributed by atoms with Crippen LogP contribution in [0.1, 0.15) is 13.8 Å². The van der Waals surface area contributed by atoms with Crippen molar-refractivity contribution in [2.45, 2.75) is 26.4 Å². The highest BCUT2D eigenvalue weighted by molar-refractivity contribution is 6.18. The van der Waals surface area contributed by atoms with E-state index in [1.165, 1.54) is 4.90 Å². The fourth-order valence-corrected chi connectivity index (χ4v) is 1.72. The summed E-state index contributed by atoms with van der Waals surface area (Å²) in [5, 5.41) is 0. The third-order valence-corrected chi connectivity index (χ3v) is 2.29. The van der Waals surface area contributed by atoms with Crippen LogP contribution in [0.3, 0.4) is 0 Å². The van der Waals surface area contributed by atoms with Gasteiger partial charge in [0.05, 0.1) is 12.6 Å². The Kier molecular flexibility index (Phi) is 6.12. The van der Waals surface area contributed by atoms with E-state index in [0.29, 0.717) is 18.1 Å². The number of rotatable bonds is 7. The van der Waals surface area contributed by atoms with Gasteiger partial charge in [-0.15, -0.1) is 11.6 Å². The number of alkyl halides is 3. The summed E-state index contributed by atoms with van der Waals surface area (Å²) in [6.07, 6.45) is -0.936. The standard InChI is InChI=1S/C12H17ClF2N2O/c1-9(2)18-10-4-3-6-16-12(10)17(7-5-13)8-11(14)15/h3-4,6,9,11H,5,7-8H2,1-2H3. The van der Waals surface area contributed by atoms with Crippen LogP contribution in [-0.4, -0.2) is 36.5 Å². The summed E-state index contributed by atoms with van der Waals surface area (Å²) in [6.45, 7) is 3.64. The van der Waals surface area contributed by atoms with Gasteiger partial charge in [0.1, 0.15) is 0 Å². The fourth-order valence-electron chi connectivity index (χ4n) is 1.52. The van der Waals surface area contributed by atoms with Crippen LogP contribution in [0.4, 0.5) is 14.6 Å². The van der Waals surface area contributed by atoms with Crippen LogP contribution >= 0.6 is 11.6 Å². The average molecular weight is 279 g/mol. The number of anilines is 1. The summed E-state index contributed by atoms with van der Waals surface area (Å²) < 4.78 is 30.6. The molecule has 0 aliphatic heterocycles. The SMILES string of the molecule is CC(C)Oc1cccnc1N(CCCl)CC(F)F. The van der Waals surface area contributed by atoms with Crippen molar-refractivity contribution in [3.8, 4) is 5.75 Å². The molecule has 3 nitrogen and oxygen atoms in total. The maximum Gasteiger partial charge on any atom is 0.255 e.